The monoisotopic (exact) mass is 1030 g/mol. The number of aliphatic hydroxyl groups excluding tert-OH is 1. The highest BCUT2D eigenvalue weighted by molar-refractivity contribution is 5.99. The molecule has 0 aliphatic heterocycles. The topological polar surface area (TPSA) is 414 Å². The Balaban J connectivity index is 0.0000266. The van der Waals surface area contributed by atoms with Crippen LogP contribution in [0.4, 0.5) is 0 Å². The van der Waals surface area contributed by atoms with E-state index in [2.05, 4.69) is 37.2 Å². The second-order valence-electron chi connectivity index (χ2n) is 17.9. The van der Waals surface area contributed by atoms with Gasteiger partial charge in [-0.2, -0.15) is 0 Å². The molecule has 73 heavy (non-hydrogen) atoms. The molecule has 0 heterocycles. The predicted molar refractivity (Wildman–Crippen MR) is 267 cm³/mol. The third-order valence-electron chi connectivity index (χ3n) is 11.5. The van der Waals surface area contributed by atoms with E-state index in [0.29, 0.717) is 30.4 Å². The number of nitrogens with one attached hydrogen (secondary N) is 7. The van der Waals surface area contributed by atoms with Crippen molar-refractivity contribution in [3.63, 3.8) is 0 Å². The fraction of sp³-hybridized carbons (Fsp3) is 0.551. The van der Waals surface area contributed by atoms with Gasteiger partial charge in [-0.15, -0.1) is 0 Å². The minimum Gasteiger partial charge on any atom is -0.508 e. The zero-order valence-electron chi connectivity index (χ0n) is 41.1. The van der Waals surface area contributed by atoms with Crippen LogP contribution in [-0.2, 0) is 60.8 Å². The molecule has 2 aromatic rings. The molecular weight excluding hydrogens is 953 g/mol. The van der Waals surface area contributed by atoms with Gasteiger partial charge in [-0.25, -0.2) is 4.79 Å². The Morgan fingerprint density at radius 1 is 0.589 bits per heavy atom. The van der Waals surface area contributed by atoms with Crippen molar-refractivity contribution in [1.29, 1.82) is 0 Å². The van der Waals surface area contributed by atoms with E-state index in [1.165, 1.54) is 24.3 Å². The number of nitrogens with two attached hydrogens (primary N) is 3. The van der Waals surface area contributed by atoms with Crippen LogP contribution in [0.3, 0.4) is 0 Å². The van der Waals surface area contributed by atoms with Gasteiger partial charge in [0.25, 0.3) is 0 Å². The van der Waals surface area contributed by atoms with Crippen LogP contribution in [0.25, 0.3) is 0 Å². The van der Waals surface area contributed by atoms with Crippen molar-refractivity contribution in [3.05, 3.63) is 65.7 Å². The maximum atomic E-state index is 14.3. The number of hydrogen-bond donors (Lipinski definition) is 14. The summed E-state index contributed by atoms with van der Waals surface area (Å²) in [6, 6.07) is 1.89. The molecule has 0 unspecified atom stereocenters. The molecular formula is C49H76N10O14. The lowest BCUT2D eigenvalue weighted by Crippen LogP contribution is -2.61. The molecule has 9 atom stereocenters. The van der Waals surface area contributed by atoms with Gasteiger partial charge < -0.3 is 74.8 Å². The molecule has 8 amide bonds. The van der Waals surface area contributed by atoms with Crippen LogP contribution < -0.4 is 54.4 Å². The van der Waals surface area contributed by atoms with E-state index >= 15 is 0 Å². The van der Waals surface area contributed by atoms with E-state index in [-0.39, 0.29) is 51.3 Å². The summed E-state index contributed by atoms with van der Waals surface area (Å²) >= 11 is 0. The van der Waals surface area contributed by atoms with E-state index < -0.39 is 139 Å². The number of aromatic hydroxyl groups is 1. The highest BCUT2D eigenvalue weighted by atomic mass is 16.4. The second kappa shape index (κ2) is 32.7. The van der Waals surface area contributed by atoms with E-state index in [0.717, 1.165) is 0 Å². The number of phenols is 1. The Morgan fingerprint density at radius 2 is 1.05 bits per heavy atom. The van der Waals surface area contributed by atoms with E-state index in [1.807, 2.05) is 0 Å². The molecule has 2 rings (SSSR count). The molecule has 2 aromatic carbocycles. The second-order valence-corrected chi connectivity index (χ2v) is 17.9. The summed E-state index contributed by atoms with van der Waals surface area (Å²) in [5, 5.41) is 56.0. The minimum atomic E-state index is -1.81. The van der Waals surface area contributed by atoms with Gasteiger partial charge in [-0.3, -0.25) is 43.2 Å². The van der Waals surface area contributed by atoms with Gasteiger partial charge >= 0.3 is 11.9 Å². The summed E-state index contributed by atoms with van der Waals surface area (Å²) in [5.74, 6) is -11.2. The Bertz CT molecular complexity index is 2150. The summed E-state index contributed by atoms with van der Waals surface area (Å²) in [6.45, 7) is 6.41. The number of carbonyl (C=O) groups is 10. The van der Waals surface area contributed by atoms with Crippen LogP contribution in [0.5, 0.6) is 5.75 Å². The molecule has 17 N–H and O–H groups in total. The number of carbonyl (C=O) groups excluding carboxylic acids is 8. The van der Waals surface area contributed by atoms with Crippen LogP contribution >= 0.6 is 0 Å². The van der Waals surface area contributed by atoms with Gasteiger partial charge in [-0.05, 0) is 73.7 Å². The number of phenolic OH excluding ortho intramolecular Hbond substituents is 1. The average molecular weight is 1030 g/mol. The smallest absolute Gasteiger partial charge is 0.326 e. The molecule has 0 spiro atoms. The Kier molecular flexibility index (Phi) is 28.6. The molecule has 0 aliphatic rings. The van der Waals surface area contributed by atoms with Crippen molar-refractivity contribution in [1.82, 2.24) is 37.2 Å². The average Bonchev–Trinajstić information content (AvgIpc) is 3.32. The Morgan fingerprint density at radius 3 is 1.53 bits per heavy atom. The van der Waals surface area contributed by atoms with Gasteiger partial charge in [-0.1, -0.05) is 84.0 Å². The first-order valence-electron chi connectivity index (χ1n) is 23.7. The normalized spacial score (nSPS) is 14.6. The van der Waals surface area contributed by atoms with Gasteiger partial charge in [0.1, 0.15) is 54.1 Å². The fourth-order valence-electron chi connectivity index (χ4n) is 7.21. The number of benzene rings is 2. The molecule has 0 aromatic heterocycles. The van der Waals surface area contributed by atoms with Crippen LogP contribution in [0.2, 0.25) is 0 Å². The molecule has 0 aliphatic carbocycles. The van der Waals surface area contributed by atoms with Gasteiger partial charge in [0.05, 0.1) is 13.0 Å². The predicted octanol–water partition coefficient (Wildman–Crippen LogP) is -1.43. The van der Waals surface area contributed by atoms with Crippen molar-refractivity contribution in [2.75, 3.05) is 13.2 Å². The number of amides is 8. The SMILES string of the molecule is C.CC[C@H](C)[C@H](NC(=O)[C@@H](N)CO)C(=O)N[C@@H](Cc1ccc(O)cc1)C(=O)N[C@@H](CC(N)=O)C(=O)N[C@@H](Cc1ccccc1)C(=O)N[C@@H](CCC(=O)O)C(=O)N[C@@H](CCCCN)C(=O)N[C@@H](CC(C)C)C(=O)O. The van der Waals surface area contributed by atoms with E-state index in [1.54, 1.807) is 58.0 Å². The summed E-state index contributed by atoms with van der Waals surface area (Å²) in [5.41, 5.74) is 17.8. The molecule has 0 saturated heterocycles. The lowest BCUT2D eigenvalue weighted by Gasteiger charge is -2.29. The maximum absolute atomic E-state index is 14.3. The lowest BCUT2D eigenvalue weighted by atomic mass is 9.96. The number of carboxylic acid groups (broad SMARTS) is 2. The molecule has 0 radical (unpaired) electrons. The fourth-order valence-corrected chi connectivity index (χ4v) is 7.21. The molecule has 0 bridgehead atoms. The molecule has 24 heteroatoms. The zero-order valence-corrected chi connectivity index (χ0v) is 41.1. The van der Waals surface area contributed by atoms with Crippen LogP contribution in [0.15, 0.2) is 54.6 Å². The Labute approximate surface area is 425 Å². The maximum Gasteiger partial charge on any atom is 0.326 e. The number of aliphatic hydroxyl groups is 1. The quantitative estimate of drug-likeness (QED) is 0.0365. The third kappa shape index (κ3) is 23.3. The lowest BCUT2D eigenvalue weighted by molar-refractivity contribution is -0.143. The van der Waals surface area contributed by atoms with Crippen molar-refractivity contribution in [3.8, 4) is 5.75 Å². The first-order valence-corrected chi connectivity index (χ1v) is 23.7. The number of unbranched alkanes of at least 4 members (excludes halogenated alkanes) is 1. The van der Waals surface area contributed by atoms with Crippen molar-refractivity contribution >= 4 is 59.2 Å². The summed E-state index contributed by atoms with van der Waals surface area (Å²) in [7, 11) is 0. The van der Waals surface area contributed by atoms with Crippen molar-refractivity contribution in [2.45, 2.75) is 148 Å². The van der Waals surface area contributed by atoms with Crippen LogP contribution in [0.1, 0.15) is 97.6 Å². The number of hydrogen-bond acceptors (Lipinski definition) is 14. The third-order valence-corrected chi connectivity index (χ3v) is 11.5. The first kappa shape index (κ1) is 63.8. The molecule has 0 saturated carbocycles. The van der Waals surface area contributed by atoms with E-state index in [9.17, 15) is 68.4 Å². The van der Waals surface area contributed by atoms with Gasteiger partial charge in [0.15, 0.2) is 0 Å². The summed E-state index contributed by atoms with van der Waals surface area (Å²) in [6.07, 6.45) is -1.33. The number of aliphatic carboxylic acids is 2. The largest absolute Gasteiger partial charge is 0.508 e. The molecule has 0 fully saturated rings. The summed E-state index contributed by atoms with van der Waals surface area (Å²) in [4.78, 5) is 133. The molecule has 406 valence electrons. The van der Waals surface area contributed by atoms with Crippen LogP contribution in [0, 0.1) is 11.8 Å². The van der Waals surface area contributed by atoms with Gasteiger partial charge in [0, 0.05) is 19.3 Å². The minimum absolute atomic E-state index is 0. The van der Waals surface area contributed by atoms with E-state index in [4.69, 9.17) is 17.2 Å². The van der Waals surface area contributed by atoms with Crippen molar-refractivity contribution < 1.29 is 68.4 Å². The van der Waals surface area contributed by atoms with Crippen molar-refractivity contribution in [2.24, 2.45) is 29.0 Å². The Hall–Kier alpha value is -7.18. The zero-order chi connectivity index (χ0) is 54.1. The first-order chi connectivity index (χ1) is 34.0. The van der Waals surface area contributed by atoms with Gasteiger partial charge in [0.2, 0.25) is 47.3 Å². The number of carboxylic acids is 2. The number of rotatable bonds is 33. The highest BCUT2D eigenvalue weighted by Crippen LogP contribution is 2.15. The highest BCUT2D eigenvalue weighted by Gasteiger charge is 2.36. The standard InChI is InChI=1S/C48H72N10O14.CH4/c1-5-27(4)40(58-41(64)31(50)25-59)47(70)56-35(23-29-14-16-30(60)17-15-29)45(68)55-36(24-38(51)61)46(69)54-34(22-28-11-7-6-8-12-28)44(67)53-33(18-19-39(62)63)43(66)52-32(13-9-10-20-49)42(65)57-37(48(71)72)21-26(2)3;/h6-8,11-12,14-17,26-27,31-37,40,59-60H,5,9-10,13,18-25,49-50H2,1-4H3,(H2,51,61)(H,52,66)(H,53,67)(H,54,69)(H,55,68)(H,56,70)(H,57,65)(H,58,64)(H,62,63)(H,71,72);1H4/t27-,31-,32-,33-,34-,35-,36-,37-,40-;/m0./s1. The number of primary amides is 1. The molecule has 24 nitrogen and oxygen atoms in total. The van der Waals surface area contributed by atoms with Crippen LogP contribution in [-0.4, -0.2) is 141 Å². The summed E-state index contributed by atoms with van der Waals surface area (Å²) < 4.78 is 0.